The lowest BCUT2D eigenvalue weighted by atomic mass is 9.95. The third-order valence-electron chi connectivity index (χ3n) is 2.98. The van der Waals surface area contributed by atoms with Crippen LogP contribution in [0.5, 0.6) is 0 Å². The third kappa shape index (κ3) is 3.08. The molecule has 0 spiro atoms. The zero-order valence-electron chi connectivity index (χ0n) is 10.5. The van der Waals surface area contributed by atoms with Gasteiger partial charge in [0.1, 0.15) is 0 Å². The van der Waals surface area contributed by atoms with Gasteiger partial charge in [-0.2, -0.15) is 0 Å². The molecule has 0 saturated carbocycles. The first-order valence-corrected chi connectivity index (χ1v) is 5.98. The molecule has 0 bridgehead atoms. The molecular weight excluding hydrogens is 212 g/mol. The van der Waals surface area contributed by atoms with Crippen molar-refractivity contribution in [3.05, 3.63) is 36.0 Å². The number of hydrogen-bond acceptors (Lipinski definition) is 2. The first-order chi connectivity index (χ1) is 8.11. The predicted molar refractivity (Wildman–Crippen MR) is 70.9 cm³/mol. The molecule has 92 valence electrons. The van der Waals surface area contributed by atoms with Crippen LogP contribution in [0.2, 0.25) is 0 Å². The maximum absolute atomic E-state index is 9.16. The minimum Gasteiger partial charge on any atom is -0.396 e. The van der Waals surface area contributed by atoms with Crippen molar-refractivity contribution >= 4 is 10.9 Å². The molecule has 1 aromatic carbocycles. The number of aliphatic hydroxyl groups is 1. The van der Waals surface area contributed by atoms with Gasteiger partial charge in [-0.05, 0) is 23.1 Å². The molecule has 17 heavy (non-hydrogen) atoms. The molecule has 3 nitrogen and oxygen atoms in total. The molecule has 1 aromatic heterocycles. The van der Waals surface area contributed by atoms with E-state index in [1.54, 1.807) is 0 Å². The zero-order valence-corrected chi connectivity index (χ0v) is 10.5. The van der Waals surface area contributed by atoms with Gasteiger partial charge in [0.15, 0.2) is 0 Å². The molecule has 3 heteroatoms. The maximum Gasteiger partial charge on any atom is 0.0494 e. The number of nitrogens with one attached hydrogen (secondary N) is 2. The average Bonchev–Trinajstić information content (AvgIpc) is 2.76. The number of aliphatic hydroxyl groups excluding tert-OH is 1. The summed E-state index contributed by atoms with van der Waals surface area (Å²) in [7, 11) is 0. The summed E-state index contributed by atoms with van der Waals surface area (Å²) in [5.74, 6) is 0. The Morgan fingerprint density at radius 1 is 1.29 bits per heavy atom. The van der Waals surface area contributed by atoms with Crippen LogP contribution in [0.3, 0.4) is 0 Å². The van der Waals surface area contributed by atoms with Crippen LogP contribution < -0.4 is 5.32 Å². The third-order valence-corrected chi connectivity index (χ3v) is 2.98. The SMILES string of the molecule is CC(C)(CO)CNCc1ccc2cc[nH]c2c1. The van der Waals surface area contributed by atoms with Gasteiger partial charge in [-0.1, -0.05) is 26.0 Å². The number of H-pyrrole nitrogens is 1. The van der Waals surface area contributed by atoms with Crippen molar-refractivity contribution in [2.24, 2.45) is 5.41 Å². The predicted octanol–water partition coefficient (Wildman–Crippen LogP) is 2.28. The monoisotopic (exact) mass is 232 g/mol. The van der Waals surface area contributed by atoms with Gasteiger partial charge in [0.25, 0.3) is 0 Å². The molecule has 0 fully saturated rings. The molecule has 0 radical (unpaired) electrons. The van der Waals surface area contributed by atoms with E-state index in [-0.39, 0.29) is 12.0 Å². The Balaban J connectivity index is 1.95. The smallest absolute Gasteiger partial charge is 0.0494 e. The number of fused-ring (bicyclic) bond motifs is 1. The van der Waals surface area contributed by atoms with Crippen LogP contribution >= 0.6 is 0 Å². The molecule has 2 rings (SSSR count). The summed E-state index contributed by atoms with van der Waals surface area (Å²) in [4.78, 5) is 3.21. The van der Waals surface area contributed by atoms with Crippen molar-refractivity contribution in [1.29, 1.82) is 0 Å². The normalized spacial score (nSPS) is 12.2. The fraction of sp³-hybridized carbons (Fsp3) is 0.429. The summed E-state index contributed by atoms with van der Waals surface area (Å²) < 4.78 is 0. The van der Waals surface area contributed by atoms with E-state index in [9.17, 15) is 0 Å². The number of aromatic amines is 1. The molecule has 1 heterocycles. The maximum atomic E-state index is 9.16. The van der Waals surface area contributed by atoms with Crippen LogP contribution in [-0.2, 0) is 6.54 Å². The molecule has 0 amide bonds. The summed E-state index contributed by atoms with van der Waals surface area (Å²) in [6, 6.07) is 8.49. The minimum absolute atomic E-state index is 0.0590. The summed E-state index contributed by atoms with van der Waals surface area (Å²) in [6.07, 6.45) is 1.96. The second kappa shape index (κ2) is 4.90. The average molecular weight is 232 g/mol. The number of benzene rings is 1. The van der Waals surface area contributed by atoms with E-state index < -0.39 is 0 Å². The number of rotatable bonds is 5. The first-order valence-electron chi connectivity index (χ1n) is 5.98. The Morgan fingerprint density at radius 2 is 2.12 bits per heavy atom. The van der Waals surface area contributed by atoms with Gasteiger partial charge in [-0.15, -0.1) is 0 Å². The summed E-state index contributed by atoms with van der Waals surface area (Å²) in [6.45, 7) is 5.95. The van der Waals surface area contributed by atoms with Crippen LogP contribution in [0.25, 0.3) is 10.9 Å². The molecule has 0 unspecified atom stereocenters. The molecule has 3 N–H and O–H groups in total. The summed E-state index contributed by atoms with van der Waals surface area (Å²) >= 11 is 0. The highest BCUT2D eigenvalue weighted by Crippen LogP contribution is 2.15. The van der Waals surface area contributed by atoms with E-state index in [4.69, 9.17) is 5.11 Å². The van der Waals surface area contributed by atoms with Gasteiger partial charge < -0.3 is 15.4 Å². The second-order valence-corrected chi connectivity index (χ2v) is 5.33. The highest BCUT2D eigenvalue weighted by Gasteiger charge is 2.15. The Kier molecular flexibility index (Phi) is 3.50. The van der Waals surface area contributed by atoms with Gasteiger partial charge in [0.2, 0.25) is 0 Å². The second-order valence-electron chi connectivity index (χ2n) is 5.33. The quantitative estimate of drug-likeness (QED) is 0.740. The van der Waals surface area contributed by atoms with Crippen LogP contribution in [0, 0.1) is 5.41 Å². The topological polar surface area (TPSA) is 48.0 Å². The van der Waals surface area contributed by atoms with Crippen LogP contribution in [-0.4, -0.2) is 23.2 Å². The number of aromatic nitrogens is 1. The Labute approximate surface area is 102 Å². The minimum atomic E-state index is -0.0590. The Morgan fingerprint density at radius 3 is 2.88 bits per heavy atom. The van der Waals surface area contributed by atoms with Crippen LogP contribution in [0.4, 0.5) is 0 Å². The lowest BCUT2D eigenvalue weighted by molar-refractivity contribution is 0.156. The van der Waals surface area contributed by atoms with Crippen molar-refractivity contribution in [3.8, 4) is 0 Å². The lowest BCUT2D eigenvalue weighted by Crippen LogP contribution is -2.31. The molecule has 0 atom stereocenters. The molecule has 2 aromatic rings. The van der Waals surface area contributed by atoms with Crippen molar-refractivity contribution in [3.63, 3.8) is 0 Å². The highest BCUT2D eigenvalue weighted by molar-refractivity contribution is 5.79. The van der Waals surface area contributed by atoms with Gasteiger partial charge in [-0.3, -0.25) is 0 Å². The largest absolute Gasteiger partial charge is 0.396 e. The molecule has 0 aliphatic rings. The van der Waals surface area contributed by atoms with Gasteiger partial charge >= 0.3 is 0 Å². The lowest BCUT2D eigenvalue weighted by Gasteiger charge is -2.21. The fourth-order valence-corrected chi connectivity index (χ4v) is 1.81. The molecule has 0 saturated heterocycles. The van der Waals surface area contributed by atoms with Crippen LogP contribution in [0.1, 0.15) is 19.4 Å². The Hall–Kier alpha value is -1.32. The zero-order chi connectivity index (χ0) is 12.3. The van der Waals surface area contributed by atoms with Crippen molar-refractivity contribution in [2.45, 2.75) is 20.4 Å². The van der Waals surface area contributed by atoms with E-state index in [1.165, 1.54) is 16.5 Å². The van der Waals surface area contributed by atoms with E-state index >= 15 is 0 Å². The standard InChI is InChI=1S/C14H20N2O/c1-14(2,10-17)9-15-8-11-3-4-12-5-6-16-13(12)7-11/h3-7,15-17H,8-10H2,1-2H3. The van der Waals surface area contributed by atoms with E-state index in [1.807, 2.05) is 20.0 Å². The van der Waals surface area contributed by atoms with E-state index in [0.717, 1.165) is 13.1 Å². The van der Waals surface area contributed by atoms with Crippen molar-refractivity contribution < 1.29 is 5.11 Å². The van der Waals surface area contributed by atoms with Gasteiger partial charge in [0.05, 0.1) is 0 Å². The molecule has 0 aliphatic heterocycles. The fourth-order valence-electron chi connectivity index (χ4n) is 1.81. The van der Waals surface area contributed by atoms with Gasteiger partial charge in [0, 0.05) is 36.8 Å². The number of hydrogen-bond donors (Lipinski definition) is 3. The first kappa shape index (κ1) is 12.1. The van der Waals surface area contributed by atoms with Crippen molar-refractivity contribution in [2.75, 3.05) is 13.2 Å². The molecule has 0 aliphatic carbocycles. The van der Waals surface area contributed by atoms with Gasteiger partial charge in [-0.25, -0.2) is 0 Å². The van der Waals surface area contributed by atoms with E-state index in [2.05, 4.69) is 34.6 Å². The summed E-state index contributed by atoms with van der Waals surface area (Å²) in [5, 5.41) is 13.8. The Bertz CT molecular complexity index is 488. The van der Waals surface area contributed by atoms with E-state index in [0.29, 0.717) is 0 Å². The summed E-state index contributed by atoms with van der Waals surface area (Å²) in [5.41, 5.74) is 2.37. The highest BCUT2D eigenvalue weighted by atomic mass is 16.3. The van der Waals surface area contributed by atoms with Crippen LogP contribution in [0.15, 0.2) is 30.5 Å². The molecular formula is C14H20N2O. The van der Waals surface area contributed by atoms with Crippen molar-refractivity contribution in [1.82, 2.24) is 10.3 Å².